The molecule has 0 unspecified atom stereocenters. The molecule has 0 saturated carbocycles. The molecule has 0 bridgehead atoms. The van der Waals surface area contributed by atoms with E-state index >= 15 is 0 Å². The van der Waals surface area contributed by atoms with E-state index in [0.717, 1.165) is 23.0 Å². The summed E-state index contributed by atoms with van der Waals surface area (Å²) < 4.78 is 24.4. The Bertz CT molecular complexity index is 1000. The lowest BCUT2D eigenvalue weighted by Crippen LogP contribution is -2.34. The first kappa shape index (κ1) is 25.9. The minimum atomic E-state index is -0.702. The molecule has 0 fully saturated rings. The Morgan fingerprint density at radius 2 is 1.65 bits per heavy atom. The van der Waals surface area contributed by atoms with Gasteiger partial charge in [-0.15, -0.1) is 0 Å². The van der Waals surface area contributed by atoms with Crippen molar-refractivity contribution >= 4 is 11.0 Å². The highest BCUT2D eigenvalue weighted by atomic mass is 16.5. The number of imidazole rings is 1. The topological polar surface area (TPSA) is 75.0 Å². The second-order valence-corrected chi connectivity index (χ2v) is 8.23. The zero-order chi connectivity index (χ0) is 24.2. The number of hydrogen-bond donors (Lipinski definition) is 1. The summed E-state index contributed by atoms with van der Waals surface area (Å²) in [7, 11) is 1.65. The lowest BCUT2D eigenvalue weighted by molar-refractivity contribution is 0.0212. The maximum Gasteiger partial charge on any atom is 0.298 e. The van der Waals surface area contributed by atoms with E-state index in [1.165, 1.54) is 5.56 Å². The number of benzene rings is 2. The summed E-state index contributed by atoms with van der Waals surface area (Å²) in [4.78, 5) is 4.68. The van der Waals surface area contributed by atoms with Gasteiger partial charge in [0.25, 0.3) is 6.01 Å². The molecule has 1 aromatic heterocycles. The van der Waals surface area contributed by atoms with Crippen molar-refractivity contribution in [1.29, 1.82) is 0 Å². The normalized spacial score (nSPS) is 13.1. The number of rotatable bonds is 16. The van der Waals surface area contributed by atoms with Crippen LogP contribution in [-0.4, -0.2) is 67.0 Å². The van der Waals surface area contributed by atoms with Crippen LogP contribution in [0.5, 0.6) is 6.01 Å². The smallest absolute Gasteiger partial charge is 0.298 e. The lowest BCUT2D eigenvalue weighted by atomic mass is 10.00. The highest BCUT2D eigenvalue weighted by Crippen LogP contribution is 2.25. The molecule has 34 heavy (non-hydrogen) atoms. The first-order chi connectivity index (χ1) is 16.6. The van der Waals surface area contributed by atoms with Crippen molar-refractivity contribution in [2.24, 2.45) is 0 Å². The molecule has 7 heteroatoms. The minimum Gasteiger partial charge on any atom is -0.454 e. The second kappa shape index (κ2) is 13.9. The van der Waals surface area contributed by atoms with E-state index in [-0.39, 0.29) is 0 Å². The van der Waals surface area contributed by atoms with Crippen molar-refractivity contribution in [2.45, 2.75) is 38.5 Å². The Morgan fingerprint density at radius 3 is 2.38 bits per heavy atom. The van der Waals surface area contributed by atoms with Crippen LogP contribution in [0.4, 0.5) is 0 Å². The number of ether oxygens (including phenoxy) is 4. The number of hydrogen-bond acceptors (Lipinski definition) is 6. The Morgan fingerprint density at radius 1 is 0.971 bits per heavy atom. The largest absolute Gasteiger partial charge is 0.454 e. The van der Waals surface area contributed by atoms with Crippen LogP contribution in [0.3, 0.4) is 0 Å². The van der Waals surface area contributed by atoms with Crippen LogP contribution in [0, 0.1) is 0 Å². The Kier molecular flexibility index (Phi) is 10.6. The Labute approximate surface area is 201 Å². The molecule has 7 nitrogen and oxygen atoms in total. The SMILES string of the molecule is C=C(C)[C@H](Oc1nc2ccccc2n1CCOCCOCCOC)[C@@H](O)CCc1ccccc1. The van der Waals surface area contributed by atoms with Gasteiger partial charge in [-0.25, -0.2) is 0 Å². The fourth-order valence-corrected chi connectivity index (χ4v) is 3.71. The number of aliphatic hydroxyl groups excluding tert-OH is 1. The van der Waals surface area contributed by atoms with Crippen molar-refractivity contribution in [1.82, 2.24) is 9.55 Å². The summed E-state index contributed by atoms with van der Waals surface area (Å²) in [6.07, 6.45) is 0.0561. The number of aromatic nitrogens is 2. The van der Waals surface area contributed by atoms with Crippen molar-refractivity contribution in [3.8, 4) is 6.01 Å². The molecule has 0 aliphatic rings. The third-order valence-corrected chi connectivity index (χ3v) is 5.52. The summed E-state index contributed by atoms with van der Waals surface area (Å²) in [6.45, 7) is 9.12. The van der Waals surface area contributed by atoms with E-state index in [1.807, 2.05) is 54.0 Å². The highest BCUT2D eigenvalue weighted by molar-refractivity contribution is 5.76. The monoisotopic (exact) mass is 468 g/mol. The van der Waals surface area contributed by atoms with Crippen LogP contribution in [0.2, 0.25) is 0 Å². The first-order valence-corrected chi connectivity index (χ1v) is 11.7. The van der Waals surface area contributed by atoms with E-state index < -0.39 is 12.2 Å². The van der Waals surface area contributed by atoms with Gasteiger partial charge in [-0.05, 0) is 43.0 Å². The van der Waals surface area contributed by atoms with Crippen molar-refractivity contribution in [3.63, 3.8) is 0 Å². The van der Waals surface area contributed by atoms with Gasteiger partial charge in [0.15, 0.2) is 0 Å². The van der Waals surface area contributed by atoms with Gasteiger partial charge in [-0.2, -0.15) is 4.98 Å². The van der Waals surface area contributed by atoms with E-state index in [1.54, 1.807) is 7.11 Å². The molecule has 2 atom stereocenters. The van der Waals surface area contributed by atoms with E-state index in [2.05, 4.69) is 23.7 Å². The molecule has 0 saturated heterocycles. The fraction of sp³-hybridized carbons (Fsp3) is 0.444. The van der Waals surface area contributed by atoms with Gasteiger partial charge in [-0.1, -0.05) is 49.0 Å². The summed E-state index contributed by atoms with van der Waals surface area (Å²) in [5.74, 6) is 0. The van der Waals surface area contributed by atoms with Gasteiger partial charge in [0.1, 0.15) is 6.10 Å². The van der Waals surface area contributed by atoms with Gasteiger partial charge < -0.3 is 24.1 Å². The summed E-state index contributed by atoms with van der Waals surface area (Å²) >= 11 is 0. The summed E-state index contributed by atoms with van der Waals surface area (Å²) in [5, 5.41) is 10.9. The molecule has 0 amide bonds. The quantitative estimate of drug-likeness (QED) is 0.253. The predicted octanol–water partition coefficient (Wildman–Crippen LogP) is 4.03. The third-order valence-electron chi connectivity index (χ3n) is 5.52. The van der Waals surface area contributed by atoms with Crippen LogP contribution >= 0.6 is 0 Å². The van der Waals surface area contributed by atoms with Crippen LogP contribution < -0.4 is 4.74 Å². The number of nitrogens with zero attached hydrogens (tertiary/aromatic N) is 2. The van der Waals surface area contributed by atoms with Crippen molar-refractivity contribution in [2.75, 3.05) is 40.1 Å². The molecule has 3 aromatic rings. The molecule has 184 valence electrons. The average Bonchev–Trinajstić information content (AvgIpc) is 3.20. The van der Waals surface area contributed by atoms with Crippen LogP contribution in [0.1, 0.15) is 18.9 Å². The van der Waals surface area contributed by atoms with Gasteiger partial charge in [-0.3, -0.25) is 4.57 Å². The first-order valence-electron chi connectivity index (χ1n) is 11.7. The van der Waals surface area contributed by atoms with E-state index in [9.17, 15) is 5.11 Å². The number of fused-ring (bicyclic) bond motifs is 1. The summed E-state index contributed by atoms with van der Waals surface area (Å²) in [6, 6.07) is 18.4. The minimum absolute atomic E-state index is 0.452. The van der Waals surface area contributed by atoms with Gasteiger partial charge in [0.05, 0.1) is 56.7 Å². The maximum atomic E-state index is 10.9. The molecule has 0 aliphatic heterocycles. The number of aliphatic hydroxyl groups is 1. The standard InChI is InChI=1S/C27H36N2O5/c1-21(2)26(25(30)14-13-22-9-5-4-6-10-22)34-27-28-23-11-7-8-12-24(23)29(27)15-16-32-19-20-33-18-17-31-3/h4-12,25-26,30H,1,13-20H2,2-3H3/t25-,26-/m0/s1. The summed E-state index contributed by atoms with van der Waals surface area (Å²) in [5.41, 5.74) is 3.72. The number of methoxy groups -OCH3 is 1. The Balaban J connectivity index is 1.63. The van der Waals surface area contributed by atoms with Gasteiger partial charge in [0.2, 0.25) is 0 Å². The Hall–Kier alpha value is -2.71. The molecule has 1 N–H and O–H groups in total. The molecule has 0 spiro atoms. The van der Waals surface area contributed by atoms with E-state index in [0.29, 0.717) is 52.0 Å². The molecule has 0 aliphatic carbocycles. The molecular formula is C27H36N2O5. The second-order valence-electron chi connectivity index (χ2n) is 8.23. The molecule has 0 radical (unpaired) electrons. The fourth-order valence-electron chi connectivity index (χ4n) is 3.71. The lowest BCUT2D eigenvalue weighted by Gasteiger charge is -2.24. The number of para-hydroxylation sites is 2. The zero-order valence-corrected chi connectivity index (χ0v) is 20.2. The molecule has 3 rings (SSSR count). The molecule has 2 aromatic carbocycles. The molecule has 1 heterocycles. The maximum absolute atomic E-state index is 10.9. The van der Waals surface area contributed by atoms with Crippen LogP contribution in [-0.2, 0) is 27.2 Å². The third kappa shape index (κ3) is 7.67. The predicted molar refractivity (Wildman–Crippen MR) is 133 cm³/mol. The number of aryl methyl sites for hydroxylation is 1. The zero-order valence-electron chi connectivity index (χ0n) is 20.2. The van der Waals surface area contributed by atoms with Crippen LogP contribution in [0.25, 0.3) is 11.0 Å². The average molecular weight is 469 g/mol. The van der Waals surface area contributed by atoms with E-state index in [4.69, 9.17) is 18.9 Å². The van der Waals surface area contributed by atoms with Crippen molar-refractivity contribution in [3.05, 3.63) is 72.3 Å². The van der Waals surface area contributed by atoms with Crippen molar-refractivity contribution < 1.29 is 24.1 Å². The van der Waals surface area contributed by atoms with Gasteiger partial charge >= 0.3 is 0 Å². The highest BCUT2D eigenvalue weighted by Gasteiger charge is 2.25. The van der Waals surface area contributed by atoms with Crippen LogP contribution in [0.15, 0.2) is 66.7 Å². The molecular weight excluding hydrogens is 432 g/mol. The van der Waals surface area contributed by atoms with Gasteiger partial charge in [0, 0.05) is 7.11 Å².